The number of nitrogens with one attached hydrogen (secondary N) is 1. The third-order valence-electron chi connectivity index (χ3n) is 2.14. The molecule has 1 unspecified atom stereocenters. The minimum Gasteiger partial charge on any atom is -0.469 e. The summed E-state index contributed by atoms with van der Waals surface area (Å²) in [5.74, 6) is -0.125. The van der Waals surface area contributed by atoms with Crippen LogP contribution in [0.15, 0.2) is 22.8 Å². The Balaban J connectivity index is 2.46. The van der Waals surface area contributed by atoms with E-state index in [9.17, 15) is 9.59 Å². The average Bonchev–Trinajstić information content (AvgIpc) is 2.77. The van der Waals surface area contributed by atoms with Crippen LogP contribution in [0.2, 0.25) is 0 Å². The predicted octanol–water partition coefficient (Wildman–Crippen LogP) is 0.890. The number of hydrogen-bond donors (Lipinski definition) is 1. The molecule has 0 bridgehead atoms. The van der Waals surface area contributed by atoms with Crippen molar-refractivity contribution in [3.63, 3.8) is 0 Å². The summed E-state index contributed by atoms with van der Waals surface area (Å²) < 4.78 is 9.59. The van der Waals surface area contributed by atoms with Gasteiger partial charge >= 0.3 is 5.97 Å². The van der Waals surface area contributed by atoms with Crippen LogP contribution >= 0.6 is 0 Å². The Morgan fingerprint density at radius 3 is 2.81 bits per heavy atom. The van der Waals surface area contributed by atoms with Gasteiger partial charge in [0.15, 0.2) is 0 Å². The van der Waals surface area contributed by atoms with E-state index in [4.69, 9.17) is 4.42 Å². The number of hydrogen-bond acceptors (Lipinski definition) is 4. The highest BCUT2D eigenvalue weighted by Gasteiger charge is 2.19. The molecule has 1 heterocycles. The van der Waals surface area contributed by atoms with Crippen molar-refractivity contribution in [2.24, 2.45) is 0 Å². The third-order valence-corrected chi connectivity index (χ3v) is 2.14. The molecular formula is C11H15NO4. The van der Waals surface area contributed by atoms with Crippen LogP contribution in [0.4, 0.5) is 0 Å². The predicted molar refractivity (Wildman–Crippen MR) is 56.6 cm³/mol. The normalized spacial score (nSPS) is 11.9. The second kappa shape index (κ2) is 5.95. The standard InChI is InChI=1S/C11H15NO4/c1-3-9(11(14)15-2)12-10(13)7-8-5-4-6-16-8/h4-6,9H,3,7H2,1-2H3,(H,12,13). The first-order chi connectivity index (χ1) is 7.67. The van der Waals surface area contributed by atoms with Gasteiger partial charge in [-0.05, 0) is 18.6 Å². The molecule has 5 heteroatoms. The molecule has 5 nitrogen and oxygen atoms in total. The summed E-state index contributed by atoms with van der Waals surface area (Å²) in [6.45, 7) is 1.80. The first kappa shape index (κ1) is 12.3. The number of rotatable bonds is 5. The minimum absolute atomic E-state index is 0.125. The topological polar surface area (TPSA) is 68.5 Å². The molecule has 0 spiro atoms. The lowest BCUT2D eigenvalue weighted by atomic mass is 10.2. The maximum Gasteiger partial charge on any atom is 0.328 e. The van der Waals surface area contributed by atoms with E-state index in [2.05, 4.69) is 10.1 Å². The van der Waals surface area contributed by atoms with Crippen molar-refractivity contribution in [2.45, 2.75) is 25.8 Å². The number of carbonyl (C=O) groups excluding carboxylic acids is 2. The van der Waals surface area contributed by atoms with E-state index in [0.29, 0.717) is 12.2 Å². The van der Waals surface area contributed by atoms with Crippen molar-refractivity contribution in [3.05, 3.63) is 24.2 Å². The van der Waals surface area contributed by atoms with Gasteiger partial charge in [0.05, 0.1) is 19.8 Å². The smallest absolute Gasteiger partial charge is 0.328 e. The Hall–Kier alpha value is -1.78. The van der Waals surface area contributed by atoms with Crippen LogP contribution in [0, 0.1) is 0 Å². The van der Waals surface area contributed by atoms with Crippen molar-refractivity contribution in [2.75, 3.05) is 7.11 Å². The lowest BCUT2D eigenvalue weighted by Gasteiger charge is -2.13. The highest BCUT2D eigenvalue weighted by Crippen LogP contribution is 2.02. The van der Waals surface area contributed by atoms with E-state index < -0.39 is 12.0 Å². The van der Waals surface area contributed by atoms with Gasteiger partial charge < -0.3 is 14.5 Å². The number of amides is 1. The summed E-state index contributed by atoms with van der Waals surface area (Å²) in [4.78, 5) is 22.7. The zero-order chi connectivity index (χ0) is 12.0. The van der Waals surface area contributed by atoms with Gasteiger partial charge in [-0.2, -0.15) is 0 Å². The Kier molecular flexibility index (Phi) is 4.57. The fourth-order valence-corrected chi connectivity index (χ4v) is 1.29. The van der Waals surface area contributed by atoms with Gasteiger partial charge in [-0.15, -0.1) is 0 Å². The van der Waals surface area contributed by atoms with Crippen LogP contribution in [0.5, 0.6) is 0 Å². The number of ether oxygens (including phenoxy) is 1. The van der Waals surface area contributed by atoms with Gasteiger partial charge in [0.2, 0.25) is 5.91 Å². The van der Waals surface area contributed by atoms with Crippen molar-refractivity contribution < 1.29 is 18.7 Å². The van der Waals surface area contributed by atoms with Gasteiger partial charge in [-0.25, -0.2) is 4.79 Å². The maximum absolute atomic E-state index is 11.5. The quantitative estimate of drug-likeness (QED) is 0.755. The molecule has 1 atom stereocenters. The van der Waals surface area contributed by atoms with E-state index in [1.807, 2.05) is 0 Å². The summed E-state index contributed by atoms with van der Waals surface area (Å²) in [6, 6.07) is 2.83. The van der Waals surface area contributed by atoms with Crippen LogP contribution in [-0.4, -0.2) is 25.0 Å². The number of furan rings is 1. The Morgan fingerprint density at radius 2 is 2.31 bits per heavy atom. The van der Waals surface area contributed by atoms with Crippen LogP contribution in [0.25, 0.3) is 0 Å². The molecule has 88 valence electrons. The highest BCUT2D eigenvalue weighted by atomic mass is 16.5. The van der Waals surface area contributed by atoms with E-state index >= 15 is 0 Å². The molecule has 1 rings (SSSR count). The molecule has 1 aromatic heterocycles. The van der Waals surface area contributed by atoms with Gasteiger partial charge in [0, 0.05) is 0 Å². The van der Waals surface area contributed by atoms with E-state index in [1.165, 1.54) is 13.4 Å². The van der Waals surface area contributed by atoms with Crippen LogP contribution in [0.3, 0.4) is 0 Å². The Bertz CT molecular complexity index is 345. The maximum atomic E-state index is 11.5. The molecule has 0 aromatic carbocycles. The Morgan fingerprint density at radius 1 is 1.56 bits per heavy atom. The SMILES string of the molecule is CCC(NC(=O)Cc1ccco1)C(=O)OC. The molecule has 1 amide bonds. The largest absolute Gasteiger partial charge is 0.469 e. The molecule has 0 fully saturated rings. The van der Waals surface area contributed by atoms with E-state index in [1.54, 1.807) is 19.1 Å². The molecule has 1 N–H and O–H groups in total. The molecule has 0 aliphatic heterocycles. The molecule has 0 aliphatic rings. The minimum atomic E-state index is -0.590. The summed E-state index contributed by atoms with van der Waals surface area (Å²) >= 11 is 0. The fraction of sp³-hybridized carbons (Fsp3) is 0.455. The molecule has 16 heavy (non-hydrogen) atoms. The fourth-order valence-electron chi connectivity index (χ4n) is 1.29. The highest BCUT2D eigenvalue weighted by molar-refractivity contribution is 5.85. The zero-order valence-electron chi connectivity index (χ0n) is 9.36. The summed E-state index contributed by atoms with van der Waals surface area (Å²) in [5.41, 5.74) is 0. The first-order valence-corrected chi connectivity index (χ1v) is 5.07. The molecule has 0 radical (unpaired) electrons. The average molecular weight is 225 g/mol. The molecule has 0 aliphatic carbocycles. The van der Waals surface area contributed by atoms with Gasteiger partial charge in [0.1, 0.15) is 11.8 Å². The van der Waals surface area contributed by atoms with Crippen LogP contribution in [0.1, 0.15) is 19.1 Å². The molecular weight excluding hydrogens is 210 g/mol. The number of methoxy groups -OCH3 is 1. The van der Waals surface area contributed by atoms with Crippen molar-refractivity contribution >= 4 is 11.9 Å². The monoisotopic (exact) mass is 225 g/mol. The second-order valence-electron chi connectivity index (χ2n) is 3.31. The Labute approximate surface area is 93.8 Å². The third kappa shape index (κ3) is 3.42. The second-order valence-corrected chi connectivity index (χ2v) is 3.31. The number of carbonyl (C=O) groups is 2. The summed E-state index contributed by atoms with van der Waals surface area (Å²) in [6.07, 6.45) is 2.12. The zero-order valence-corrected chi connectivity index (χ0v) is 9.36. The van der Waals surface area contributed by atoms with Crippen molar-refractivity contribution in [3.8, 4) is 0 Å². The molecule has 1 aromatic rings. The van der Waals surface area contributed by atoms with Crippen molar-refractivity contribution in [1.29, 1.82) is 0 Å². The van der Waals surface area contributed by atoms with Crippen LogP contribution in [-0.2, 0) is 20.7 Å². The van der Waals surface area contributed by atoms with Crippen LogP contribution < -0.4 is 5.32 Å². The lowest BCUT2D eigenvalue weighted by molar-refractivity contribution is -0.145. The van der Waals surface area contributed by atoms with Crippen molar-refractivity contribution in [1.82, 2.24) is 5.32 Å². The number of esters is 1. The summed E-state index contributed by atoms with van der Waals surface area (Å²) in [5, 5.41) is 2.58. The van der Waals surface area contributed by atoms with Gasteiger partial charge in [0.25, 0.3) is 0 Å². The van der Waals surface area contributed by atoms with E-state index in [-0.39, 0.29) is 12.3 Å². The van der Waals surface area contributed by atoms with E-state index in [0.717, 1.165) is 0 Å². The molecule has 0 saturated heterocycles. The molecule has 0 saturated carbocycles. The van der Waals surface area contributed by atoms with Gasteiger partial charge in [-0.1, -0.05) is 6.92 Å². The lowest BCUT2D eigenvalue weighted by Crippen LogP contribution is -2.41. The van der Waals surface area contributed by atoms with Gasteiger partial charge in [-0.3, -0.25) is 4.79 Å². The summed E-state index contributed by atoms with van der Waals surface area (Å²) in [7, 11) is 1.30. The first-order valence-electron chi connectivity index (χ1n) is 5.07.